The van der Waals surface area contributed by atoms with Crippen LogP contribution in [0.15, 0.2) is 23.1 Å². The van der Waals surface area contributed by atoms with Crippen LogP contribution in [0.25, 0.3) is 6.08 Å². The third kappa shape index (κ3) is 4.08. The second-order valence-corrected chi connectivity index (χ2v) is 5.93. The number of rotatable bonds is 7. The molecule has 1 aromatic rings. The molecule has 0 bridgehead atoms. The molecule has 1 saturated heterocycles. The van der Waals surface area contributed by atoms with Gasteiger partial charge >= 0.3 is 5.97 Å². The Hall–Kier alpha value is -2.48. The summed E-state index contributed by atoms with van der Waals surface area (Å²) in [6.07, 6.45) is 1.71. The van der Waals surface area contributed by atoms with Crippen molar-refractivity contribution in [3.63, 3.8) is 0 Å². The quantitative estimate of drug-likeness (QED) is 0.755. The van der Waals surface area contributed by atoms with Crippen LogP contribution >= 0.6 is 11.8 Å². The molecule has 1 aliphatic rings. The third-order valence-electron chi connectivity index (χ3n) is 3.37. The minimum atomic E-state index is -0.960. The molecule has 0 aromatic heterocycles. The van der Waals surface area contributed by atoms with Gasteiger partial charge < -0.3 is 14.6 Å². The standard InChI is InChI=1S/C16H17NO6S/c1-22-11-5-6-12(23-2)10(8-11)9-13-15(20)17(16(21)24-13)7-3-4-14(18)19/h5-6,8-9H,3-4,7H2,1-2H3,(H,18,19)/b13-9-. The van der Waals surface area contributed by atoms with Crippen molar-refractivity contribution >= 4 is 35.0 Å². The molecule has 0 aliphatic carbocycles. The fourth-order valence-electron chi connectivity index (χ4n) is 2.17. The largest absolute Gasteiger partial charge is 0.497 e. The van der Waals surface area contributed by atoms with Crippen LogP contribution in [-0.2, 0) is 9.59 Å². The Morgan fingerprint density at radius 2 is 2.04 bits per heavy atom. The van der Waals surface area contributed by atoms with Gasteiger partial charge in [0.05, 0.1) is 19.1 Å². The van der Waals surface area contributed by atoms with Gasteiger partial charge in [0.2, 0.25) is 0 Å². The van der Waals surface area contributed by atoms with Crippen LogP contribution in [0, 0.1) is 0 Å². The minimum Gasteiger partial charge on any atom is -0.497 e. The number of carboxylic acid groups (broad SMARTS) is 1. The zero-order valence-corrected chi connectivity index (χ0v) is 14.1. The Bertz CT molecular complexity index is 700. The number of imide groups is 1. The molecule has 0 saturated carbocycles. The highest BCUT2D eigenvalue weighted by Gasteiger charge is 2.34. The Kier molecular flexibility index (Phi) is 5.86. The first-order chi connectivity index (χ1) is 11.5. The monoisotopic (exact) mass is 351 g/mol. The molecule has 0 spiro atoms. The number of benzene rings is 1. The molecule has 1 N–H and O–H groups in total. The van der Waals surface area contributed by atoms with Gasteiger partial charge in [-0.05, 0) is 42.5 Å². The van der Waals surface area contributed by atoms with Crippen molar-refractivity contribution in [2.75, 3.05) is 20.8 Å². The predicted molar refractivity (Wildman–Crippen MR) is 89.1 cm³/mol. The summed E-state index contributed by atoms with van der Waals surface area (Å²) >= 11 is 0.823. The summed E-state index contributed by atoms with van der Waals surface area (Å²) < 4.78 is 10.4. The molecule has 0 atom stereocenters. The molecule has 8 heteroatoms. The summed E-state index contributed by atoms with van der Waals surface area (Å²) in [4.78, 5) is 36.2. The molecule has 1 fully saturated rings. The number of thioether (sulfide) groups is 1. The van der Waals surface area contributed by atoms with E-state index in [1.54, 1.807) is 24.3 Å². The van der Waals surface area contributed by atoms with Crippen LogP contribution in [0.1, 0.15) is 18.4 Å². The van der Waals surface area contributed by atoms with Crippen molar-refractivity contribution in [3.05, 3.63) is 28.7 Å². The normalized spacial score (nSPS) is 15.9. The van der Waals surface area contributed by atoms with Crippen LogP contribution < -0.4 is 9.47 Å². The van der Waals surface area contributed by atoms with Gasteiger partial charge in [0.15, 0.2) is 0 Å². The summed E-state index contributed by atoms with van der Waals surface area (Å²) in [6, 6.07) is 5.15. The second-order valence-electron chi connectivity index (χ2n) is 4.94. The van der Waals surface area contributed by atoms with E-state index >= 15 is 0 Å². The topological polar surface area (TPSA) is 93.1 Å². The number of nitrogens with zero attached hydrogens (tertiary/aromatic N) is 1. The molecular weight excluding hydrogens is 334 g/mol. The molecule has 7 nitrogen and oxygen atoms in total. The van der Waals surface area contributed by atoms with Gasteiger partial charge in [-0.15, -0.1) is 0 Å². The number of ether oxygens (including phenoxy) is 2. The maximum atomic E-state index is 12.3. The zero-order chi connectivity index (χ0) is 17.7. The van der Waals surface area contributed by atoms with E-state index in [9.17, 15) is 14.4 Å². The van der Waals surface area contributed by atoms with Gasteiger partial charge in [0.1, 0.15) is 11.5 Å². The Morgan fingerprint density at radius 3 is 2.67 bits per heavy atom. The number of aliphatic carboxylic acids is 1. The smallest absolute Gasteiger partial charge is 0.303 e. The SMILES string of the molecule is COc1ccc(OC)c(/C=C2\SC(=O)N(CCCC(=O)O)C2=O)c1. The lowest BCUT2D eigenvalue weighted by Gasteiger charge is -2.11. The molecular formula is C16H17NO6S. The van der Waals surface area contributed by atoms with Gasteiger partial charge in [-0.2, -0.15) is 0 Å². The average Bonchev–Trinajstić information content (AvgIpc) is 2.81. The van der Waals surface area contributed by atoms with Crippen LogP contribution in [0.5, 0.6) is 11.5 Å². The number of hydrogen-bond donors (Lipinski definition) is 1. The van der Waals surface area contributed by atoms with Crippen LogP contribution in [-0.4, -0.2) is 47.9 Å². The fourth-order valence-corrected chi connectivity index (χ4v) is 3.03. The van der Waals surface area contributed by atoms with E-state index in [0.29, 0.717) is 17.1 Å². The highest BCUT2D eigenvalue weighted by Crippen LogP contribution is 2.35. The summed E-state index contributed by atoms with van der Waals surface area (Å²) in [5, 5.41) is 8.24. The highest BCUT2D eigenvalue weighted by atomic mass is 32.2. The average molecular weight is 351 g/mol. The van der Waals surface area contributed by atoms with Crippen molar-refractivity contribution in [1.82, 2.24) is 4.90 Å². The van der Waals surface area contributed by atoms with E-state index in [1.807, 2.05) is 0 Å². The lowest BCUT2D eigenvalue weighted by Crippen LogP contribution is -2.29. The van der Waals surface area contributed by atoms with Crippen molar-refractivity contribution in [1.29, 1.82) is 0 Å². The second kappa shape index (κ2) is 7.87. The number of amides is 2. The summed E-state index contributed by atoms with van der Waals surface area (Å²) in [6.45, 7) is 0.0869. The number of carboxylic acids is 1. The summed E-state index contributed by atoms with van der Waals surface area (Å²) in [5.41, 5.74) is 0.618. The molecule has 2 amide bonds. The maximum Gasteiger partial charge on any atom is 0.303 e. The molecule has 0 unspecified atom stereocenters. The van der Waals surface area contributed by atoms with Gasteiger partial charge in [-0.25, -0.2) is 0 Å². The van der Waals surface area contributed by atoms with E-state index in [2.05, 4.69) is 0 Å². The summed E-state index contributed by atoms with van der Waals surface area (Å²) in [7, 11) is 3.04. The lowest BCUT2D eigenvalue weighted by atomic mass is 10.1. The molecule has 128 valence electrons. The number of carbonyl (C=O) groups is 3. The highest BCUT2D eigenvalue weighted by molar-refractivity contribution is 8.18. The summed E-state index contributed by atoms with van der Waals surface area (Å²) in [5.74, 6) is -0.241. The number of methoxy groups -OCH3 is 2. The van der Waals surface area contributed by atoms with Gasteiger partial charge in [-0.3, -0.25) is 19.3 Å². The third-order valence-corrected chi connectivity index (χ3v) is 4.28. The van der Waals surface area contributed by atoms with E-state index in [-0.39, 0.29) is 24.3 Å². The van der Waals surface area contributed by atoms with Crippen molar-refractivity contribution in [3.8, 4) is 11.5 Å². The first kappa shape index (κ1) is 17.9. The van der Waals surface area contributed by atoms with Crippen LogP contribution in [0.3, 0.4) is 0 Å². The first-order valence-corrected chi connectivity index (χ1v) is 7.97. The molecule has 0 radical (unpaired) electrons. The maximum absolute atomic E-state index is 12.3. The molecule has 2 rings (SSSR count). The van der Waals surface area contributed by atoms with Crippen LogP contribution in [0.4, 0.5) is 4.79 Å². The van der Waals surface area contributed by atoms with Gasteiger partial charge in [-0.1, -0.05) is 0 Å². The molecule has 1 aliphatic heterocycles. The van der Waals surface area contributed by atoms with E-state index in [1.165, 1.54) is 14.2 Å². The zero-order valence-electron chi connectivity index (χ0n) is 13.3. The first-order valence-electron chi connectivity index (χ1n) is 7.15. The Morgan fingerprint density at radius 1 is 1.29 bits per heavy atom. The van der Waals surface area contributed by atoms with Crippen LogP contribution in [0.2, 0.25) is 0 Å². The van der Waals surface area contributed by atoms with E-state index in [0.717, 1.165) is 16.7 Å². The number of carbonyl (C=O) groups excluding carboxylic acids is 2. The predicted octanol–water partition coefficient (Wildman–Crippen LogP) is 2.60. The van der Waals surface area contributed by atoms with Gasteiger partial charge in [0, 0.05) is 18.5 Å². The molecule has 1 heterocycles. The van der Waals surface area contributed by atoms with Crippen molar-refractivity contribution in [2.45, 2.75) is 12.8 Å². The Labute approximate surface area is 143 Å². The molecule has 1 aromatic carbocycles. The molecule has 24 heavy (non-hydrogen) atoms. The lowest BCUT2D eigenvalue weighted by molar-refractivity contribution is -0.137. The number of hydrogen-bond acceptors (Lipinski definition) is 6. The van der Waals surface area contributed by atoms with E-state index in [4.69, 9.17) is 14.6 Å². The van der Waals surface area contributed by atoms with Crippen molar-refractivity contribution in [2.24, 2.45) is 0 Å². The Balaban J connectivity index is 2.20. The minimum absolute atomic E-state index is 0.0869. The van der Waals surface area contributed by atoms with E-state index < -0.39 is 17.1 Å². The fraction of sp³-hybridized carbons (Fsp3) is 0.312. The van der Waals surface area contributed by atoms with Crippen molar-refractivity contribution < 1.29 is 29.0 Å². The van der Waals surface area contributed by atoms with Gasteiger partial charge in [0.25, 0.3) is 11.1 Å².